The minimum absolute atomic E-state index is 0.725. The number of para-hydroxylation sites is 2. The van der Waals surface area contributed by atoms with E-state index in [9.17, 15) is 0 Å². The van der Waals surface area contributed by atoms with Crippen LogP contribution in [0.25, 0.3) is 11.0 Å². The highest BCUT2D eigenvalue weighted by atomic mass is 15.3. The van der Waals surface area contributed by atoms with Gasteiger partial charge in [0.1, 0.15) is 0 Å². The maximum Gasteiger partial charge on any atom is 0.206 e. The highest BCUT2D eigenvalue weighted by molar-refractivity contribution is 5.78. The average Bonchev–Trinajstić information content (AvgIpc) is 3.16. The topological polar surface area (TPSA) is 33.1 Å². The van der Waals surface area contributed by atoms with Gasteiger partial charge in [-0.05, 0) is 50.3 Å². The molecule has 2 aliphatic heterocycles. The first-order valence-electron chi connectivity index (χ1n) is 8.23. The second-order valence-corrected chi connectivity index (χ2v) is 6.51. The molecule has 2 fully saturated rings. The highest BCUT2D eigenvalue weighted by Gasteiger charge is 2.30. The molecule has 112 valence electrons. The molecule has 3 heterocycles. The van der Waals surface area contributed by atoms with E-state index in [1.165, 1.54) is 37.7 Å². The Bertz CT molecular complexity index is 627. The van der Waals surface area contributed by atoms with Crippen molar-refractivity contribution < 1.29 is 0 Å². The number of benzene rings is 1. The number of piperidine rings is 1. The SMILES string of the molecule is Cn1c(N2CCCC(C3CCCN3)C2)nc2ccccc21. The number of nitrogens with zero attached hydrogens (tertiary/aromatic N) is 3. The van der Waals surface area contributed by atoms with Gasteiger partial charge in [0.05, 0.1) is 11.0 Å². The summed E-state index contributed by atoms with van der Waals surface area (Å²) < 4.78 is 2.25. The van der Waals surface area contributed by atoms with E-state index in [1.54, 1.807) is 0 Å². The quantitative estimate of drug-likeness (QED) is 0.920. The summed E-state index contributed by atoms with van der Waals surface area (Å²) in [5.74, 6) is 1.92. The Hall–Kier alpha value is -1.55. The maximum absolute atomic E-state index is 4.87. The fourth-order valence-corrected chi connectivity index (χ4v) is 4.05. The van der Waals surface area contributed by atoms with Crippen LogP contribution < -0.4 is 10.2 Å². The Balaban J connectivity index is 1.60. The van der Waals surface area contributed by atoms with Crippen molar-refractivity contribution in [2.75, 3.05) is 24.5 Å². The monoisotopic (exact) mass is 284 g/mol. The lowest BCUT2D eigenvalue weighted by Crippen LogP contribution is -2.44. The third kappa shape index (κ3) is 2.31. The molecular weight excluding hydrogens is 260 g/mol. The van der Waals surface area contributed by atoms with Gasteiger partial charge in [0.15, 0.2) is 0 Å². The molecule has 2 saturated heterocycles. The summed E-state index contributed by atoms with van der Waals surface area (Å²) >= 11 is 0. The number of anilines is 1. The second kappa shape index (κ2) is 5.34. The number of rotatable bonds is 2. The number of fused-ring (bicyclic) bond motifs is 1. The summed E-state index contributed by atoms with van der Waals surface area (Å²) in [4.78, 5) is 7.36. The molecule has 2 aromatic rings. The van der Waals surface area contributed by atoms with Crippen molar-refractivity contribution in [1.29, 1.82) is 0 Å². The van der Waals surface area contributed by atoms with Crippen LogP contribution in [0.1, 0.15) is 25.7 Å². The minimum Gasteiger partial charge on any atom is -0.342 e. The molecule has 4 nitrogen and oxygen atoms in total. The van der Waals surface area contributed by atoms with Crippen LogP contribution in [0.5, 0.6) is 0 Å². The van der Waals surface area contributed by atoms with Crippen LogP contribution in [-0.2, 0) is 7.05 Å². The van der Waals surface area contributed by atoms with Gasteiger partial charge in [0.2, 0.25) is 5.95 Å². The molecule has 0 bridgehead atoms. The summed E-state index contributed by atoms with van der Waals surface area (Å²) in [5.41, 5.74) is 2.34. The van der Waals surface area contributed by atoms with E-state index in [1.807, 2.05) is 0 Å². The first-order chi connectivity index (χ1) is 10.3. The van der Waals surface area contributed by atoms with E-state index in [2.05, 4.69) is 46.1 Å². The Morgan fingerprint density at radius 3 is 2.90 bits per heavy atom. The molecule has 21 heavy (non-hydrogen) atoms. The summed E-state index contributed by atoms with van der Waals surface area (Å²) in [6.45, 7) is 3.49. The molecule has 0 radical (unpaired) electrons. The number of hydrogen-bond acceptors (Lipinski definition) is 3. The molecule has 0 saturated carbocycles. The summed E-state index contributed by atoms with van der Waals surface area (Å²) in [6.07, 6.45) is 5.33. The lowest BCUT2D eigenvalue weighted by molar-refractivity contribution is 0.326. The average molecular weight is 284 g/mol. The predicted molar refractivity (Wildman–Crippen MR) is 86.7 cm³/mol. The van der Waals surface area contributed by atoms with E-state index in [-0.39, 0.29) is 0 Å². The van der Waals surface area contributed by atoms with Gasteiger partial charge in [-0.3, -0.25) is 0 Å². The summed E-state index contributed by atoms with van der Waals surface area (Å²) in [7, 11) is 2.14. The zero-order chi connectivity index (χ0) is 14.2. The molecule has 4 rings (SSSR count). The Morgan fingerprint density at radius 2 is 2.10 bits per heavy atom. The lowest BCUT2D eigenvalue weighted by atomic mass is 9.90. The third-order valence-electron chi connectivity index (χ3n) is 5.17. The number of aryl methyl sites for hydroxylation is 1. The molecule has 1 aromatic heterocycles. The number of imidazole rings is 1. The minimum atomic E-state index is 0.725. The zero-order valence-electron chi connectivity index (χ0n) is 12.8. The van der Waals surface area contributed by atoms with E-state index >= 15 is 0 Å². The molecule has 2 atom stereocenters. The Morgan fingerprint density at radius 1 is 1.19 bits per heavy atom. The molecule has 2 unspecified atom stereocenters. The Labute approximate surface area is 126 Å². The molecule has 0 amide bonds. The van der Waals surface area contributed by atoms with E-state index < -0.39 is 0 Å². The van der Waals surface area contributed by atoms with Gasteiger partial charge in [0.25, 0.3) is 0 Å². The van der Waals surface area contributed by atoms with Crippen molar-refractivity contribution in [1.82, 2.24) is 14.9 Å². The largest absolute Gasteiger partial charge is 0.342 e. The van der Waals surface area contributed by atoms with Crippen LogP contribution in [0.15, 0.2) is 24.3 Å². The maximum atomic E-state index is 4.87. The summed E-state index contributed by atoms with van der Waals surface area (Å²) in [6, 6.07) is 9.16. The van der Waals surface area contributed by atoms with Crippen molar-refractivity contribution in [2.45, 2.75) is 31.7 Å². The standard InChI is InChI=1S/C17H24N4/c1-20-16-9-3-2-7-15(16)19-17(20)21-11-5-6-13(12-21)14-8-4-10-18-14/h2-3,7,9,13-14,18H,4-6,8,10-12H2,1H3. The van der Waals surface area contributed by atoms with Gasteiger partial charge in [0, 0.05) is 26.2 Å². The van der Waals surface area contributed by atoms with E-state index in [0.717, 1.165) is 36.5 Å². The molecule has 2 aliphatic rings. The van der Waals surface area contributed by atoms with Crippen LogP contribution in [0.4, 0.5) is 5.95 Å². The first kappa shape index (κ1) is 13.1. The van der Waals surface area contributed by atoms with Crippen molar-refractivity contribution >= 4 is 17.0 Å². The van der Waals surface area contributed by atoms with Crippen LogP contribution in [-0.4, -0.2) is 35.2 Å². The molecule has 0 spiro atoms. The fraction of sp³-hybridized carbons (Fsp3) is 0.588. The van der Waals surface area contributed by atoms with Crippen LogP contribution >= 0.6 is 0 Å². The second-order valence-electron chi connectivity index (χ2n) is 6.51. The van der Waals surface area contributed by atoms with Gasteiger partial charge in [-0.25, -0.2) is 4.98 Å². The highest BCUT2D eigenvalue weighted by Crippen LogP contribution is 2.29. The predicted octanol–water partition coefficient (Wildman–Crippen LogP) is 2.54. The van der Waals surface area contributed by atoms with Crippen molar-refractivity contribution in [3.05, 3.63) is 24.3 Å². The summed E-state index contributed by atoms with van der Waals surface area (Å²) in [5, 5.41) is 3.69. The molecule has 4 heteroatoms. The van der Waals surface area contributed by atoms with Crippen LogP contribution in [0.3, 0.4) is 0 Å². The molecule has 1 aromatic carbocycles. The normalized spacial score (nSPS) is 26.6. The molecule has 1 N–H and O–H groups in total. The van der Waals surface area contributed by atoms with Gasteiger partial charge >= 0.3 is 0 Å². The fourth-order valence-electron chi connectivity index (χ4n) is 4.05. The number of hydrogen-bond donors (Lipinski definition) is 1. The van der Waals surface area contributed by atoms with Crippen molar-refractivity contribution in [3.8, 4) is 0 Å². The smallest absolute Gasteiger partial charge is 0.206 e. The van der Waals surface area contributed by atoms with Crippen molar-refractivity contribution in [3.63, 3.8) is 0 Å². The molecular formula is C17H24N4. The van der Waals surface area contributed by atoms with Gasteiger partial charge < -0.3 is 14.8 Å². The Kier molecular flexibility index (Phi) is 3.34. The molecule has 0 aliphatic carbocycles. The van der Waals surface area contributed by atoms with Gasteiger partial charge in [-0.15, -0.1) is 0 Å². The number of nitrogens with one attached hydrogen (secondary N) is 1. The zero-order valence-corrected chi connectivity index (χ0v) is 12.8. The number of aromatic nitrogens is 2. The van der Waals surface area contributed by atoms with Crippen LogP contribution in [0, 0.1) is 5.92 Å². The van der Waals surface area contributed by atoms with E-state index in [0.29, 0.717) is 0 Å². The van der Waals surface area contributed by atoms with Crippen molar-refractivity contribution in [2.24, 2.45) is 13.0 Å². The third-order valence-corrected chi connectivity index (χ3v) is 5.17. The first-order valence-corrected chi connectivity index (χ1v) is 8.23. The van der Waals surface area contributed by atoms with Crippen LogP contribution in [0.2, 0.25) is 0 Å². The van der Waals surface area contributed by atoms with Gasteiger partial charge in [-0.1, -0.05) is 12.1 Å². The van der Waals surface area contributed by atoms with E-state index in [4.69, 9.17) is 4.98 Å². The lowest BCUT2D eigenvalue weighted by Gasteiger charge is -2.36. The van der Waals surface area contributed by atoms with Gasteiger partial charge in [-0.2, -0.15) is 0 Å².